The number of ether oxygens (including phenoxy) is 1. The average molecular weight is 294 g/mol. The first-order valence-corrected chi connectivity index (χ1v) is 8.03. The molecule has 0 radical (unpaired) electrons. The molecule has 1 heterocycles. The zero-order valence-electron chi connectivity index (χ0n) is 11.9. The Bertz CT molecular complexity index is 414. The molecule has 1 aliphatic rings. The molecule has 2 rings (SSSR count). The molecule has 0 aliphatic carbocycles. The SMILES string of the molecule is COc1ccc(SCCC(=O)N2CCCNCC2)cc1. The highest BCUT2D eigenvalue weighted by molar-refractivity contribution is 7.99. The Morgan fingerprint density at radius 3 is 2.85 bits per heavy atom. The van der Waals surface area contributed by atoms with Crippen molar-refractivity contribution < 1.29 is 9.53 Å². The van der Waals surface area contributed by atoms with E-state index in [4.69, 9.17) is 4.74 Å². The fourth-order valence-electron chi connectivity index (χ4n) is 2.18. The molecule has 5 heteroatoms. The predicted molar refractivity (Wildman–Crippen MR) is 82.4 cm³/mol. The zero-order valence-corrected chi connectivity index (χ0v) is 12.7. The second kappa shape index (κ2) is 8.17. The summed E-state index contributed by atoms with van der Waals surface area (Å²) in [6, 6.07) is 7.96. The number of amides is 1. The number of benzene rings is 1. The predicted octanol–water partition coefficient (Wildman–Crippen LogP) is 2.00. The van der Waals surface area contributed by atoms with E-state index in [2.05, 4.69) is 5.32 Å². The van der Waals surface area contributed by atoms with E-state index >= 15 is 0 Å². The molecule has 0 atom stereocenters. The van der Waals surface area contributed by atoms with Crippen LogP contribution in [0, 0.1) is 0 Å². The average Bonchev–Trinajstić information content (AvgIpc) is 2.77. The van der Waals surface area contributed by atoms with Crippen LogP contribution < -0.4 is 10.1 Å². The number of hydrogen-bond donors (Lipinski definition) is 1. The van der Waals surface area contributed by atoms with Gasteiger partial charge in [-0.1, -0.05) is 0 Å². The summed E-state index contributed by atoms with van der Waals surface area (Å²) in [5.41, 5.74) is 0. The third-order valence-corrected chi connectivity index (χ3v) is 4.35. The lowest BCUT2D eigenvalue weighted by molar-refractivity contribution is -0.130. The van der Waals surface area contributed by atoms with Gasteiger partial charge in [0.15, 0.2) is 0 Å². The van der Waals surface area contributed by atoms with Crippen molar-refractivity contribution in [1.82, 2.24) is 10.2 Å². The molecule has 4 nitrogen and oxygen atoms in total. The van der Waals surface area contributed by atoms with Gasteiger partial charge in [0, 0.05) is 36.7 Å². The molecular formula is C15H22N2O2S. The summed E-state index contributed by atoms with van der Waals surface area (Å²) in [5.74, 6) is 1.96. The second-order valence-corrected chi connectivity index (χ2v) is 5.93. The Kier molecular flexibility index (Phi) is 6.21. The van der Waals surface area contributed by atoms with E-state index in [0.29, 0.717) is 6.42 Å². The lowest BCUT2D eigenvalue weighted by Gasteiger charge is -2.19. The number of nitrogens with zero attached hydrogens (tertiary/aromatic N) is 1. The highest BCUT2D eigenvalue weighted by atomic mass is 32.2. The first-order valence-electron chi connectivity index (χ1n) is 7.05. The monoisotopic (exact) mass is 294 g/mol. The fourth-order valence-corrected chi connectivity index (χ4v) is 3.02. The first-order chi connectivity index (χ1) is 9.79. The summed E-state index contributed by atoms with van der Waals surface area (Å²) in [6.07, 6.45) is 1.66. The van der Waals surface area contributed by atoms with Crippen LogP contribution in [-0.2, 0) is 4.79 Å². The van der Waals surface area contributed by atoms with Crippen molar-refractivity contribution in [3.05, 3.63) is 24.3 Å². The highest BCUT2D eigenvalue weighted by Crippen LogP contribution is 2.22. The van der Waals surface area contributed by atoms with E-state index in [9.17, 15) is 4.79 Å². The number of thioether (sulfide) groups is 1. The molecule has 1 aromatic carbocycles. The Morgan fingerprint density at radius 2 is 2.10 bits per heavy atom. The van der Waals surface area contributed by atoms with Gasteiger partial charge in [0.05, 0.1) is 7.11 Å². The minimum atomic E-state index is 0.273. The van der Waals surface area contributed by atoms with Gasteiger partial charge in [-0.15, -0.1) is 11.8 Å². The summed E-state index contributed by atoms with van der Waals surface area (Å²) in [7, 11) is 1.66. The van der Waals surface area contributed by atoms with Crippen LogP contribution in [0.4, 0.5) is 0 Å². The maximum Gasteiger partial charge on any atom is 0.223 e. The van der Waals surface area contributed by atoms with E-state index < -0.39 is 0 Å². The van der Waals surface area contributed by atoms with Crippen LogP contribution in [0.15, 0.2) is 29.2 Å². The third-order valence-electron chi connectivity index (χ3n) is 3.34. The maximum absolute atomic E-state index is 12.1. The van der Waals surface area contributed by atoms with Crippen molar-refractivity contribution in [2.24, 2.45) is 0 Å². The Hall–Kier alpha value is -1.20. The lowest BCUT2D eigenvalue weighted by atomic mass is 10.3. The number of carbonyl (C=O) groups is 1. The lowest BCUT2D eigenvalue weighted by Crippen LogP contribution is -2.34. The van der Waals surface area contributed by atoms with E-state index in [-0.39, 0.29) is 5.91 Å². The summed E-state index contributed by atoms with van der Waals surface area (Å²) in [4.78, 5) is 15.3. The van der Waals surface area contributed by atoms with Crippen LogP contribution in [0.5, 0.6) is 5.75 Å². The van der Waals surface area contributed by atoms with Crippen molar-refractivity contribution in [2.45, 2.75) is 17.7 Å². The molecule has 0 bridgehead atoms. The standard InChI is InChI=1S/C15H22N2O2S/c1-19-13-3-5-14(6-4-13)20-12-7-15(18)17-10-2-8-16-9-11-17/h3-6,16H,2,7-12H2,1H3. The number of hydrogen-bond acceptors (Lipinski definition) is 4. The normalized spacial score (nSPS) is 15.8. The molecule has 1 fully saturated rings. The third kappa shape index (κ3) is 4.72. The number of methoxy groups -OCH3 is 1. The van der Waals surface area contributed by atoms with Gasteiger partial charge in [-0.25, -0.2) is 0 Å². The summed E-state index contributed by atoms with van der Waals surface area (Å²) < 4.78 is 5.13. The van der Waals surface area contributed by atoms with E-state index in [1.54, 1.807) is 18.9 Å². The molecule has 1 aromatic rings. The molecule has 0 aromatic heterocycles. The van der Waals surface area contributed by atoms with E-state index in [1.165, 1.54) is 4.90 Å². The summed E-state index contributed by atoms with van der Waals surface area (Å²) in [5, 5.41) is 3.31. The molecular weight excluding hydrogens is 272 g/mol. The van der Waals surface area contributed by atoms with Gasteiger partial charge in [0.2, 0.25) is 5.91 Å². The van der Waals surface area contributed by atoms with E-state index in [0.717, 1.165) is 44.1 Å². The maximum atomic E-state index is 12.1. The van der Waals surface area contributed by atoms with Crippen molar-refractivity contribution in [1.29, 1.82) is 0 Å². The first kappa shape index (κ1) is 15.2. The minimum Gasteiger partial charge on any atom is -0.497 e. The molecule has 110 valence electrons. The molecule has 1 N–H and O–H groups in total. The molecule has 1 saturated heterocycles. The summed E-state index contributed by atoms with van der Waals surface area (Å²) >= 11 is 1.72. The topological polar surface area (TPSA) is 41.6 Å². The van der Waals surface area contributed by atoms with E-state index in [1.807, 2.05) is 29.2 Å². The largest absolute Gasteiger partial charge is 0.497 e. The van der Waals surface area contributed by atoms with Gasteiger partial charge in [0.1, 0.15) is 5.75 Å². The molecule has 20 heavy (non-hydrogen) atoms. The molecule has 1 aliphatic heterocycles. The smallest absolute Gasteiger partial charge is 0.223 e. The van der Waals surface area contributed by atoms with Gasteiger partial charge in [0.25, 0.3) is 0 Å². The van der Waals surface area contributed by atoms with Crippen LogP contribution in [-0.4, -0.2) is 49.8 Å². The second-order valence-electron chi connectivity index (χ2n) is 4.76. The van der Waals surface area contributed by atoms with Gasteiger partial charge < -0.3 is 15.0 Å². The summed E-state index contributed by atoms with van der Waals surface area (Å²) in [6.45, 7) is 3.66. The zero-order chi connectivity index (χ0) is 14.2. The van der Waals surface area contributed by atoms with Crippen LogP contribution in [0.3, 0.4) is 0 Å². The Labute approximate surface area is 124 Å². The van der Waals surface area contributed by atoms with Gasteiger partial charge in [-0.05, 0) is 37.2 Å². The Balaban J connectivity index is 1.72. The van der Waals surface area contributed by atoms with Crippen LogP contribution in [0.1, 0.15) is 12.8 Å². The number of nitrogens with one attached hydrogen (secondary N) is 1. The minimum absolute atomic E-state index is 0.273. The van der Waals surface area contributed by atoms with Gasteiger partial charge >= 0.3 is 0 Å². The molecule has 0 saturated carbocycles. The molecule has 0 spiro atoms. The van der Waals surface area contributed by atoms with Crippen LogP contribution in [0.25, 0.3) is 0 Å². The Morgan fingerprint density at radius 1 is 1.30 bits per heavy atom. The van der Waals surface area contributed by atoms with Crippen molar-refractivity contribution >= 4 is 17.7 Å². The number of carbonyl (C=O) groups excluding carboxylic acids is 1. The van der Waals surface area contributed by atoms with Crippen molar-refractivity contribution in [3.8, 4) is 5.75 Å². The number of rotatable bonds is 5. The van der Waals surface area contributed by atoms with Crippen molar-refractivity contribution in [3.63, 3.8) is 0 Å². The van der Waals surface area contributed by atoms with Crippen LogP contribution >= 0.6 is 11.8 Å². The van der Waals surface area contributed by atoms with Gasteiger partial charge in [-0.3, -0.25) is 4.79 Å². The van der Waals surface area contributed by atoms with Crippen LogP contribution in [0.2, 0.25) is 0 Å². The molecule has 1 amide bonds. The molecule has 0 unspecified atom stereocenters. The highest BCUT2D eigenvalue weighted by Gasteiger charge is 2.14. The quantitative estimate of drug-likeness (QED) is 0.843. The fraction of sp³-hybridized carbons (Fsp3) is 0.533. The van der Waals surface area contributed by atoms with Gasteiger partial charge in [-0.2, -0.15) is 0 Å². The van der Waals surface area contributed by atoms with Crippen molar-refractivity contribution in [2.75, 3.05) is 39.0 Å².